The first-order valence-electron chi connectivity index (χ1n) is 9.70. The summed E-state index contributed by atoms with van der Waals surface area (Å²) in [4.78, 5) is 31.8. The van der Waals surface area contributed by atoms with Gasteiger partial charge in [0.15, 0.2) is 0 Å². The van der Waals surface area contributed by atoms with E-state index in [0.29, 0.717) is 41.2 Å². The SMILES string of the molecule is CCN(CC)C(=O)[C@H](C)NC(=O)c1cc(-c2cc(C)oc2C)nc2onc(C)c12. The van der Waals surface area contributed by atoms with Gasteiger partial charge in [-0.1, -0.05) is 5.16 Å². The molecule has 2 amide bonds. The molecule has 0 saturated carbocycles. The number of hydrogen-bond donors (Lipinski definition) is 1. The maximum absolute atomic E-state index is 13.1. The second kappa shape index (κ2) is 8.06. The molecule has 0 aromatic carbocycles. The highest BCUT2D eigenvalue weighted by Gasteiger charge is 2.25. The van der Waals surface area contributed by atoms with Gasteiger partial charge < -0.3 is 19.2 Å². The Morgan fingerprint density at radius 1 is 1.17 bits per heavy atom. The van der Waals surface area contributed by atoms with E-state index in [1.165, 1.54) is 0 Å². The Bertz CT molecular complexity index is 1060. The second-order valence-electron chi connectivity index (χ2n) is 7.04. The molecular formula is C21H26N4O4. The van der Waals surface area contributed by atoms with E-state index < -0.39 is 6.04 Å². The van der Waals surface area contributed by atoms with Crippen LogP contribution in [0.15, 0.2) is 21.1 Å². The first-order chi connectivity index (χ1) is 13.8. The summed E-state index contributed by atoms with van der Waals surface area (Å²) in [5.74, 6) is 0.938. The first-order valence-corrected chi connectivity index (χ1v) is 9.70. The van der Waals surface area contributed by atoms with Crippen molar-refractivity contribution in [1.29, 1.82) is 0 Å². The molecule has 154 valence electrons. The molecule has 3 heterocycles. The minimum absolute atomic E-state index is 0.128. The van der Waals surface area contributed by atoms with Crippen LogP contribution in [0.25, 0.3) is 22.4 Å². The van der Waals surface area contributed by atoms with Gasteiger partial charge in [-0.2, -0.15) is 0 Å². The van der Waals surface area contributed by atoms with Crippen LogP contribution in [0.3, 0.4) is 0 Å². The minimum Gasteiger partial charge on any atom is -0.466 e. The monoisotopic (exact) mass is 398 g/mol. The summed E-state index contributed by atoms with van der Waals surface area (Å²) in [6.45, 7) is 12.1. The van der Waals surface area contributed by atoms with Crippen LogP contribution in [0, 0.1) is 20.8 Å². The van der Waals surface area contributed by atoms with Crippen molar-refractivity contribution in [2.75, 3.05) is 13.1 Å². The number of likely N-dealkylation sites (N-methyl/N-ethyl adjacent to an activating group) is 1. The van der Waals surface area contributed by atoms with Crippen LogP contribution < -0.4 is 5.32 Å². The van der Waals surface area contributed by atoms with Gasteiger partial charge in [0.25, 0.3) is 11.6 Å². The summed E-state index contributed by atoms with van der Waals surface area (Å²) in [5, 5.41) is 7.29. The molecule has 8 heteroatoms. The van der Waals surface area contributed by atoms with E-state index in [2.05, 4.69) is 15.5 Å². The number of aromatic nitrogens is 2. The highest BCUT2D eigenvalue weighted by atomic mass is 16.5. The van der Waals surface area contributed by atoms with Gasteiger partial charge >= 0.3 is 0 Å². The Kier molecular flexibility index (Phi) is 5.72. The fraction of sp³-hybridized carbons (Fsp3) is 0.429. The van der Waals surface area contributed by atoms with E-state index in [9.17, 15) is 9.59 Å². The van der Waals surface area contributed by atoms with Gasteiger partial charge in [0, 0.05) is 18.7 Å². The molecule has 3 rings (SSSR count). The van der Waals surface area contributed by atoms with Crippen molar-refractivity contribution in [3.63, 3.8) is 0 Å². The lowest BCUT2D eigenvalue weighted by Gasteiger charge is -2.23. The van der Waals surface area contributed by atoms with Crippen molar-refractivity contribution in [3.05, 3.63) is 34.9 Å². The van der Waals surface area contributed by atoms with Crippen LogP contribution >= 0.6 is 0 Å². The zero-order valence-corrected chi connectivity index (χ0v) is 17.6. The summed E-state index contributed by atoms with van der Waals surface area (Å²) >= 11 is 0. The number of aryl methyl sites for hydroxylation is 3. The number of nitrogens with one attached hydrogen (secondary N) is 1. The van der Waals surface area contributed by atoms with E-state index in [1.54, 1.807) is 24.8 Å². The fourth-order valence-electron chi connectivity index (χ4n) is 3.44. The van der Waals surface area contributed by atoms with Gasteiger partial charge in [0.2, 0.25) is 5.91 Å². The van der Waals surface area contributed by atoms with Gasteiger partial charge in [-0.3, -0.25) is 9.59 Å². The summed E-state index contributed by atoms with van der Waals surface area (Å²) in [5.41, 5.74) is 2.52. The summed E-state index contributed by atoms with van der Waals surface area (Å²) in [6.07, 6.45) is 0. The van der Waals surface area contributed by atoms with Gasteiger partial charge in [-0.15, -0.1) is 0 Å². The standard InChI is InChI=1S/C21H26N4O4/c1-7-25(8-2)21(27)13(5)22-19(26)16-10-17(15-9-11(3)28-14(15)6)23-20-18(16)12(4)24-29-20/h9-10,13H,7-8H2,1-6H3,(H,22,26)/t13-/m0/s1. The number of pyridine rings is 1. The van der Waals surface area contributed by atoms with Crippen LogP contribution in [0.2, 0.25) is 0 Å². The molecule has 0 spiro atoms. The van der Waals surface area contributed by atoms with E-state index in [4.69, 9.17) is 8.94 Å². The molecular weight excluding hydrogens is 372 g/mol. The van der Waals surface area contributed by atoms with E-state index in [0.717, 1.165) is 11.3 Å². The van der Waals surface area contributed by atoms with Crippen LogP contribution in [0.1, 0.15) is 48.3 Å². The van der Waals surface area contributed by atoms with Gasteiger partial charge in [0.05, 0.1) is 22.3 Å². The lowest BCUT2D eigenvalue weighted by atomic mass is 10.0. The zero-order chi connectivity index (χ0) is 21.3. The van der Waals surface area contributed by atoms with Gasteiger partial charge in [-0.25, -0.2) is 4.98 Å². The predicted molar refractivity (Wildman–Crippen MR) is 109 cm³/mol. The highest BCUT2D eigenvalue weighted by Crippen LogP contribution is 2.30. The number of nitrogens with zero attached hydrogens (tertiary/aromatic N) is 3. The van der Waals surface area contributed by atoms with E-state index in [-0.39, 0.29) is 17.5 Å². The second-order valence-corrected chi connectivity index (χ2v) is 7.04. The maximum Gasteiger partial charge on any atom is 0.259 e. The third kappa shape index (κ3) is 3.87. The molecule has 0 saturated heterocycles. The van der Waals surface area contributed by atoms with Crippen LogP contribution in [-0.4, -0.2) is 46.0 Å². The Morgan fingerprint density at radius 2 is 1.86 bits per heavy atom. The summed E-state index contributed by atoms with van der Waals surface area (Å²) in [6, 6.07) is 2.89. The molecule has 0 radical (unpaired) electrons. The molecule has 0 fully saturated rings. The maximum atomic E-state index is 13.1. The van der Waals surface area contributed by atoms with E-state index in [1.807, 2.05) is 33.8 Å². The number of rotatable bonds is 6. The van der Waals surface area contributed by atoms with Crippen LogP contribution in [0.4, 0.5) is 0 Å². The van der Waals surface area contributed by atoms with Crippen LogP contribution in [-0.2, 0) is 4.79 Å². The molecule has 0 aliphatic carbocycles. The smallest absolute Gasteiger partial charge is 0.259 e. The quantitative estimate of drug-likeness (QED) is 0.683. The molecule has 1 atom stereocenters. The average molecular weight is 398 g/mol. The summed E-state index contributed by atoms with van der Waals surface area (Å²) < 4.78 is 10.9. The lowest BCUT2D eigenvalue weighted by Crippen LogP contribution is -2.46. The van der Waals surface area contributed by atoms with Crippen molar-refractivity contribution in [2.24, 2.45) is 0 Å². The van der Waals surface area contributed by atoms with Crippen molar-refractivity contribution in [1.82, 2.24) is 20.4 Å². The zero-order valence-electron chi connectivity index (χ0n) is 17.6. The Morgan fingerprint density at radius 3 is 2.45 bits per heavy atom. The Labute approximate surface area is 169 Å². The number of fused-ring (bicyclic) bond motifs is 1. The topological polar surface area (TPSA) is 101 Å². The molecule has 0 unspecified atom stereocenters. The number of hydrogen-bond acceptors (Lipinski definition) is 6. The normalized spacial score (nSPS) is 12.2. The first kappa shape index (κ1) is 20.6. The van der Waals surface area contributed by atoms with Gasteiger partial charge in [0.1, 0.15) is 17.6 Å². The number of furan rings is 1. The molecule has 0 aliphatic heterocycles. The largest absolute Gasteiger partial charge is 0.466 e. The molecule has 1 N–H and O–H groups in total. The third-order valence-corrected chi connectivity index (χ3v) is 4.97. The van der Waals surface area contributed by atoms with Crippen molar-refractivity contribution < 1.29 is 18.5 Å². The molecule has 0 bridgehead atoms. The number of carbonyl (C=O) groups excluding carboxylic acids is 2. The highest BCUT2D eigenvalue weighted by molar-refractivity contribution is 6.08. The molecule has 0 aliphatic rings. The Hall–Kier alpha value is -3.16. The molecule has 8 nitrogen and oxygen atoms in total. The summed E-state index contributed by atoms with van der Waals surface area (Å²) in [7, 11) is 0. The Balaban J connectivity index is 2.01. The fourth-order valence-corrected chi connectivity index (χ4v) is 3.44. The number of amides is 2. The molecule has 3 aromatic heterocycles. The van der Waals surface area contributed by atoms with Crippen LogP contribution in [0.5, 0.6) is 0 Å². The van der Waals surface area contributed by atoms with Gasteiger partial charge in [-0.05, 0) is 53.7 Å². The molecule has 29 heavy (non-hydrogen) atoms. The predicted octanol–water partition coefficient (Wildman–Crippen LogP) is 3.39. The number of carbonyl (C=O) groups is 2. The third-order valence-electron chi connectivity index (χ3n) is 4.97. The van der Waals surface area contributed by atoms with Crippen molar-refractivity contribution >= 4 is 22.9 Å². The lowest BCUT2D eigenvalue weighted by molar-refractivity contribution is -0.132. The average Bonchev–Trinajstić information content (AvgIpc) is 3.23. The molecule has 3 aromatic rings. The van der Waals surface area contributed by atoms with E-state index >= 15 is 0 Å². The van der Waals surface area contributed by atoms with Crippen molar-refractivity contribution in [3.8, 4) is 11.3 Å². The minimum atomic E-state index is -0.660. The van der Waals surface area contributed by atoms with Crippen molar-refractivity contribution in [2.45, 2.75) is 47.6 Å².